The van der Waals surface area contributed by atoms with Crippen LogP contribution in [0.3, 0.4) is 0 Å². The van der Waals surface area contributed by atoms with E-state index in [4.69, 9.17) is 14.0 Å². The molecular formula is C15H15NO6S. The molecule has 7 nitrogen and oxygen atoms in total. The van der Waals surface area contributed by atoms with Gasteiger partial charge >= 0.3 is 0 Å². The van der Waals surface area contributed by atoms with Crippen LogP contribution in [0.5, 0.6) is 11.5 Å². The molecule has 122 valence electrons. The van der Waals surface area contributed by atoms with Crippen molar-refractivity contribution >= 4 is 21.7 Å². The van der Waals surface area contributed by atoms with Gasteiger partial charge in [0.1, 0.15) is 11.5 Å². The average molecular weight is 337 g/mol. The molecule has 0 aliphatic carbocycles. The minimum absolute atomic E-state index is 0.128. The predicted molar refractivity (Wildman–Crippen MR) is 83.8 cm³/mol. The lowest BCUT2D eigenvalue weighted by molar-refractivity contribution is 0.102. The SMILES string of the molecule is COc1ccc(C(=O)Nc2cc(S(=O)(=O)O)ccc2OC)cc1. The highest BCUT2D eigenvalue weighted by Crippen LogP contribution is 2.28. The Morgan fingerprint density at radius 1 is 1.04 bits per heavy atom. The van der Waals surface area contributed by atoms with Crippen molar-refractivity contribution in [2.24, 2.45) is 0 Å². The maximum absolute atomic E-state index is 12.2. The van der Waals surface area contributed by atoms with Crippen molar-refractivity contribution in [2.45, 2.75) is 4.90 Å². The molecule has 0 saturated carbocycles. The molecule has 8 heteroatoms. The van der Waals surface area contributed by atoms with Gasteiger partial charge in [0.25, 0.3) is 16.0 Å². The van der Waals surface area contributed by atoms with Crippen LogP contribution in [0.25, 0.3) is 0 Å². The highest BCUT2D eigenvalue weighted by atomic mass is 32.2. The van der Waals surface area contributed by atoms with Gasteiger partial charge in [0, 0.05) is 5.56 Å². The molecule has 0 atom stereocenters. The average Bonchev–Trinajstić information content (AvgIpc) is 2.54. The largest absolute Gasteiger partial charge is 0.497 e. The van der Waals surface area contributed by atoms with E-state index in [2.05, 4.69) is 5.32 Å². The summed E-state index contributed by atoms with van der Waals surface area (Å²) < 4.78 is 41.6. The summed E-state index contributed by atoms with van der Waals surface area (Å²) in [6.07, 6.45) is 0. The standard InChI is InChI=1S/C15H15NO6S/c1-21-11-5-3-10(4-6-11)15(17)16-13-9-12(23(18,19)20)7-8-14(13)22-2/h3-9H,1-2H3,(H,16,17)(H,18,19,20). The van der Waals surface area contributed by atoms with Crippen molar-refractivity contribution < 1.29 is 27.2 Å². The topological polar surface area (TPSA) is 102 Å². The molecule has 2 aromatic rings. The highest BCUT2D eigenvalue weighted by molar-refractivity contribution is 7.85. The maximum atomic E-state index is 12.2. The summed E-state index contributed by atoms with van der Waals surface area (Å²) in [7, 11) is -1.49. The number of anilines is 1. The van der Waals surface area contributed by atoms with E-state index in [9.17, 15) is 13.2 Å². The summed E-state index contributed by atoms with van der Waals surface area (Å²) in [6, 6.07) is 10.0. The molecule has 0 aliphatic rings. The van der Waals surface area contributed by atoms with Gasteiger partial charge < -0.3 is 14.8 Å². The van der Waals surface area contributed by atoms with Gasteiger partial charge in [0.2, 0.25) is 0 Å². The van der Waals surface area contributed by atoms with Crippen LogP contribution in [0.1, 0.15) is 10.4 Å². The van der Waals surface area contributed by atoms with Crippen LogP contribution < -0.4 is 14.8 Å². The summed E-state index contributed by atoms with van der Waals surface area (Å²) in [6.45, 7) is 0. The van der Waals surface area contributed by atoms with Crippen molar-refractivity contribution in [2.75, 3.05) is 19.5 Å². The van der Waals surface area contributed by atoms with Gasteiger partial charge in [-0.15, -0.1) is 0 Å². The van der Waals surface area contributed by atoms with Crippen molar-refractivity contribution in [1.82, 2.24) is 0 Å². The van der Waals surface area contributed by atoms with Crippen LogP contribution in [0.4, 0.5) is 5.69 Å². The van der Waals surface area contributed by atoms with Crippen LogP contribution in [0.2, 0.25) is 0 Å². The van der Waals surface area contributed by atoms with Crippen LogP contribution in [0, 0.1) is 0 Å². The molecule has 1 amide bonds. The van der Waals surface area contributed by atoms with Gasteiger partial charge in [-0.1, -0.05) is 0 Å². The zero-order valence-electron chi connectivity index (χ0n) is 12.4. The monoisotopic (exact) mass is 337 g/mol. The molecule has 0 fully saturated rings. The van der Waals surface area contributed by atoms with Crippen molar-refractivity contribution in [1.29, 1.82) is 0 Å². The Hall–Kier alpha value is -2.58. The third kappa shape index (κ3) is 3.99. The number of carbonyl (C=O) groups excluding carboxylic acids is 1. The lowest BCUT2D eigenvalue weighted by Gasteiger charge is -2.11. The third-order valence-corrected chi connectivity index (χ3v) is 3.92. The van der Waals surface area contributed by atoms with Crippen molar-refractivity contribution in [3.05, 3.63) is 48.0 Å². The minimum atomic E-state index is -4.38. The first kappa shape index (κ1) is 16.8. The Morgan fingerprint density at radius 3 is 2.22 bits per heavy atom. The maximum Gasteiger partial charge on any atom is 0.294 e. The molecule has 0 aliphatic heterocycles. The second kappa shape index (κ2) is 6.67. The first-order chi connectivity index (χ1) is 10.8. The molecule has 0 bridgehead atoms. The van der Waals surface area contributed by atoms with Crippen molar-refractivity contribution in [3.63, 3.8) is 0 Å². The molecule has 2 N–H and O–H groups in total. The van der Waals surface area contributed by atoms with Gasteiger partial charge in [-0.05, 0) is 42.5 Å². The molecule has 0 radical (unpaired) electrons. The Bertz CT molecular complexity index is 814. The minimum Gasteiger partial charge on any atom is -0.497 e. The van der Waals surface area contributed by atoms with E-state index in [1.807, 2.05) is 0 Å². The number of carbonyl (C=O) groups is 1. The molecule has 2 aromatic carbocycles. The zero-order chi connectivity index (χ0) is 17.0. The lowest BCUT2D eigenvalue weighted by atomic mass is 10.2. The zero-order valence-corrected chi connectivity index (χ0v) is 13.3. The number of ether oxygens (including phenoxy) is 2. The Morgan fingerprint density at radius 2 is 1.70 bits per heavy atom. The molecule has 0 spiro atoms. The van der Waals surface area contributed by atoms with E-state index in [0.29, 0.717) is 11.3 Å². The fourth-order valence-corrected chi connectivity index (χ4v) is 2.39. The Balaban J connectivity index is 2.31. The van der Waals surface area contributed by atoms with Crippen LogP contribution in [-0.4, -0.2) is 33.1 Å². The van der Waals surface area contributed by atoms with E-state index in [-0.39, 0.29) is 16.3 Å². The number of hydrogen-bond acceptors (Lipinski definition) is 5. The van der Waals surface area contributed by atoms with Crippen molar-refractivity contribution in [3.8, 4) is 11.5 Å². The van der Waals surface area contributed by atoms with E-state index in [1.165, 1.54) is 26.4 Å². The fraction of sp³-hybridized carbons (Fsp3) is 0.133. The van der Waals surface area contributed by atoms with Crippen LogP contribution in [0.15, 0.2) is 47.4 Å². The van der Waals surface area contributed by atoms with Gasteiger partial charge in [0.15, 0.2) is 0 Å². The second-order valence-corrected chi connectivity index (χ2v) is 5.94. The van der Waals surface area contributed by atoms with Crippen LogP contribution >= 0.6 is 0 Å². The van der Waals surface area contributed by atoms with E-state index in [1.54, 1.807) is 24.3 Å². The number of benzene rings is 2. The Kier molecular flexibility index (Phi) is 4.87. The summed E-state index contributed by atoms with van der Waals surface area (Å²) >= 11 is 0. The number of nitrogens with one attached hydrogen (secondary N) is 1. The summed E-state index contributed by atoms with van der Waals surface area (Å²) in [4.78, 5) is 11.9. The highest BCUT2D eigenvalue weighted by Gasteiger charge is 2.15. The summed E-state index contributed by atoms with van der Waals surface area (Å²) in [5.41, 5.74) is 0.480. The van der Waals surface area contributed by atoms with E-state index >= 15 is 0 Å². The summed E-state index contributed by atoms with van der Waals surface area (Å²) in [5, 5.41) is 2.55. The first-order valence-electron chi connectivity index (χ1n) is 6.46. The van der Waals surface area contributed by atoms with E-state index < -0.39 is 16.0 Å². The van der Waals surface area contributed by atoms with Gasteiger partial charge in [0.05, 0.1) is 24.8 Å². The molecule has 23 heavy (non-hydrogen) atoms. The third-order valence-electron chi connectivity index (χ3n) is 3.07. The molecule has 0 unspecified atom stereocenters. The predicted octanol–water partition coefficient (Wildman–Crippen LogP) is 2.20. The lowest BCUT2D eigenvalue weighted by Crippen LogP contribution is -2.13. The number of methoxy groups -OCH3 is 2. The number of hydrogen-bond donors (Lipinski definition) is 2. The fourth-order valence-electron chi connectivity index (χ4n) is 1.88. The first-order valence-corrected chi connectivity index (χ1v) is 7.90. The van der Waals surface area contributed by atoms with Gasteiger partial charge in [-0.2, -0.15) is 8.42 Å². The molecule has 0 heterocycles. The second-order valence-electron chi connectivity index (χ2n) is 4.52. The quantitative estimate of drug-likeness (QED) is 0.811. The molecule has 0 saturated heterocycles. The molecule has 2 rings (SSSR count). The smallest absolute Gasteiger partial charge is 0.294 e. The normalized spacial score (nSPS) is 10.9. The number of amides is 1. The summed E-state index contributed by atoms with van der Waals surface area (Å²) in [5.74, 6) is 0.408. The number of rotatable bonds is 5. The molecule has 0 aromatic heterocycles. The Labute approximate surface area is 133 Å². The van der Waals surface area contributed by atoms with E-state index in [0.717, 1.165) is 6.07 Å². The van der Waals surface area contributed by atoms with Crippen LogP contribution in [-0.2, 0) is 10.1 Å². The molecular weight excluding hydrogens is 322 g/mol. The van der Waals surface area contributed by atoms with Gasteiger partial charge in [-0.25, -0.2) is 0 Å². The van der Waals surface area contributed by atoms with Gasteiger partial charge in [-0.3, -0.25) is 9.35 Å².